The Hall–Kier alpha value is -3.16. The molecule has 0 atom stereocenters. The molecule has 1 aliphatic heterocycles. The molecule has 0 aliphatic carbocycles. The van der Waals surface area contributed by atoms with E-state index in [1.165, 1.54) is 12.8 Å². The second-order valence-corrected chi connectivity index (χ2v) is 9.09. The Kier molecular flexibility index (Phi) is 8.55. The number of aromatic nitrogens is 1. The minimum atomic E-state index is -0.596. The maximum Gasteiger partial charge on any atom is 0.344 e. The van der Waals surface area contributed by atoms with E-state index in [-0.39, 0.29) is 6.10 Å². The minimum Gasteiger partial charge on any atom is -0.460 e. The summed E-state index contributed by atoms with van der Waals surface area (Å²) < 4.78 is 10.8. The van der Waals surface area contributed by atoms with Gasteiger partial charge in [0.2, 0.25) is 0 Å². The number of nitrogens with one attached hydrogen (secondary N) is 1. The molecule has 2 aromatic carbocycles. The minimum absolute atomic E-state index is 0.124. The van der Waals surface area contributed by atoms with Crippen LogP contribution in [0.2, 0.25) is 5.02 Å². The molecule has 184 valence electrons. The van der Waals surface area contributed by atoms with Gasteiger partial charge >= 0.3 is 11.9 Å². The topological polar surface area (TPSA) is 80.8 Å². The number of fused-ring (bicyclic) bond motifs is 1. The van der Waals surface area contributed by atoms with Crippen molar-refractivity contribution < 1.29 is 19.1 Å². The number of benzene rings is 2. The third kappa shape index (κ3) is 6.71. The highest BCUT2D eigenvalue weighted by atomic mass is 35.5. The smallest absolute Gasteiger partial charge is 0.344 e. The molecule has 0 unspecified atom stereocenters. The number of hydrogen-bond acceptors (Lipinski definition) is 7. The predicted octanol–water partition coefficient (Wildman–Crippen LogP) is 5.60. The van der Waals surface area contributed by atoms with E-state index >= 15 is 0 Å². The van der Waals surface area contributed by atoms with Crippen LogP contribution in [0.1, 0.15) is 43.0 Å². The molecular formula is C27H30ClN3O4. The summed E-state index contributed by atoms with van der Waals surface area (Å²) in [6, 6.07) is 14.3. The predicted molar refractivity (Wildman–Crippen MR) is 137 cm³/mol. The molecule has 35 heavy (non-hydrogen) atoms. The lowest BCUT2D eigenvalue weighted by Crippen LogP contribution is -2.38. The Balaban J connectivity index is 1.34. The summed E-state index contributed by atoms with van der Waals surface area (Å²) in [6.45, 7) is 4.70. The van der Waals surface area contributed by atoms with Gasteiger partial charge < -0.3 is 19.7 Å². The number of unbranched alkanes of at least 4 members (excludes halogenated alkanes) is 1. The molecule has 7 nitrogen and oxygen atoms in total. The molecule has 0 radical (unpaired) electrons. The molecule has 0 saturated carbocycles. The third-order valence-corrected chi connectivity index (χ3v) is 6.34. The van der Waals surface area contributed by atoms with Gasteiger partial charge in [0.1, 0.15) is 6.10 Å². The molecule has 2 heterocycles. The number of ether oxygens (including phenoxy) is 2. The van der Waals surface area contributed by atoms with Crippen LogP contribution in [0, 0.1) is 0 Å². The number of likely N-dealkylation sites (tertiary alicyclic amines) is 1. The lowest BCUT2D eigenvalue weighted by molar-refractivity contribution is -0.154. The van der Waals surface area contributed by atoms with Crippen LogP contribution in [-0.4, -0.2) is 54.2 Å². The highest BCUT2D eigenvalue weighted by Crippen LogP contribution is 2.29. The van der Waals surface area contributed by atoms with Crippen molar-refractivity contribution in [1.29, 1.82) is 0 Å². The van der Waals surface area contributed by atoms with Crippen molar-refractivity contribution in [2.24, 2.45) is 0 Å². The molecule has 1 aromatic heterocycles. The second kappa shape index (κ2) is 12.0. The summed E-state index contributed by atoms with van der Waals surface area (Å²) in [5.74, 6) is -1.12. The molecule has 1 N–H and O–H groups in total. The molecular weight excluding hydrogens is 466 g/mol. The fourth-order valence-corrected chi connectivity index (χ4v) is 4.37. The van der Waals surface area contributed by atoms with Crippen LogP contribution in [0.5, 0.6) is 0 Å². The van der Waals surface area contributed by atoms with Crippen molar-refractivity contribution in [1.82, 2.24) is 9.88 Å². The van der Waals surface area contributed by atoms with Crippen molar-refractivity contribution in [2.45, 2.75) is 38.7 Å². The number of anilines is 2. The number of carbonyl (C=O) groups excluding carboxylic acids is 2. The molecule has 8 heteroatoms. The average molecular weight is 496 g/mol. The number of rotatable bonds is 9. The van der Waals surface area contributed by atoms with E-state index in [1.807, 2.05) is 18.2 Å². The van der Waals surface area contributed by atoms with Gasteiger partial charge in [-0.05, 0) is 62.2 Å². The Morgan fingerprint density at radius 2 is 1.91 bits per heavy atom. The van der Waals surface area contributed by atoms with Gasteiger partial charge in [-0.2, -0.15) is 0 Å². The van der Waals surface area contributed by atoms with Gasteiger partial charge in [0.15, 0.2) is 6.61 Å². The van der Waals surface area contributed by atoms with Crippen LogP contribution in [0.4, 0.5) is 11.4 Å². The van der Waals surface area contributed by atoms with Gasteiger partial charge in [-0.25, -0.2) is 9.59 Å². The lowest BCUT2D eigenvalue weighted by atomic mass is 10.1. The van der Waals surface area contributed by atoms with Gasteiger partial charge in [0.05, 0.1) is 16.8 Å². The standard InChI is InChI=1S/C27H30ClN3O4/c1-2-3-14-31-15-11-20(12-16-31)35-26(32)18-34-27(33)22-6-4-5-7-23(22)30-24-10-13-29-25-17-19(28)8-9-21(24)25/h4-10,13,17,20H,2-3,11-12,14-16,18H2,1H3,(H,29,30). The SMILES string of the molecule is CCCCN1CCC(OC(=O)COC(=O)c2ccccc2Nc2ccnc3cc(Cl)ccc23)CC1. The molecule has 0 bridgehead atoms. The van der Waals surface area contributed by atoms with Crippen LogP contribution in [0.15, 0.2) is 54.7 Å². The summed E-state index contributed by atoms with van der Waals surface area (Å²) in [5, 5.41) is 4.75. The number of piperidine rings is 1. The number of hydrogen-bond donors (Lipinski definition) is 1. The number of halogens is 1. The first kappa shape index (κ1) is 24.9. The summed E-state index contributed by atoms with van der Waals surface area (Å²) >= 11 is 6.08. The summed E-state index contributed by atoms with van der Waals surface area (Å²) in [6.07, 6.45) is 5.52. The Morgan fingerprint density at radius 1 is 1.11 bits per heavy atom. The monoisotopic (exact) mass is 495 g/mol. The van der Waals surface area contributed by atoms with E-state index < -0.39 is 18.5 Å². The van der Waals surface area contributed by atoms with Crippen molar-refractivity contribution in [3.63, 3.8) is 0 Å². The third-order valence-electron chi connectivity index (χ3n) is 6.10. The van der Waals surface area contributed by atoms with E-state index in [4.69, 9.17) is 21.1 Å². The number of esters is 2. The fraction of sp³-hybridized carbons (Fsp3) is 0.370. The second-order valence-electron chi connectivity index (χ2n) is 8.65. The van der Waals surface area contributed by atoms with Gasteiger partial charge in [-0.1, -0.05) is 37.1 Å². The van der Waals surface area contributed by atoms with Crippen LogP contribution >= 0.6 is 11.6 Å². The van der Waals surface area contributed by atoms with Crippen molar-refractivity contribution >= 4 is 45.8 Å². The van der Waals surface area contributed by atoms with E-state index in [9.17, 15) is 9.59 Å². The first-order valence-electron chi connectivity index (χ1n) is 12.0. The average Bonchev–Trinajstić information content (AvgIpc) is 2.87. The zero-order chi connectivity index (χ0) is 24.6. The molecule has 1 saturated heterocycles. The van der Waals surface area contributed by atoms with Crippen LogP contribution in [0.3, 0.4) is 0 Å². The van der Waals surface area contributed by atoms with E-state index in [0.29, 0.717) is 16.3 Å². The van der Waals surface area contributed by atoms with Gasteiger partial charge in [-0.15, -0.1) is 0 Å². The van der Waals surface area contributed by atoms with Crippen molar-refractivity contribution in [3.8, 4) is 0 Å². The number of carbonyl (C=O) groups is 2. The van der Waals surface area contributed by atoms with Crippen LogP contribution in [0.25, 0.3) is 10.9 Å². The maximum atomic E-state index is 12.8. The zero-order valence-electron chi connectivity index (χ0n) is 19.8. The van der Waals surface area contributed by atoms with Crippen LogP contribution in [-0.2, 0) is 14.3 Å². The molecule has 0 spiro atoms. The Morgan fingerprint density at radius 3 is 2.71 bits per heavy atom. The van der Waals surface area contributed by atoms with Crippen molar-refractivity contribution in [2.75, 3.05) is 31.6 Å². The molecule has 1 aliphatic rings. The van der Waals surface area contributed by atoms with Crippen LogP contribution < -0.4 is 5.32 Å². The maximum absolute atomic E-state index is 12.8. The van der Waals surface area contributed by atoms with Gasteiger partial charge in [-0.3, -0.25) is 4.98 Å². The number of pyridine rings is 1. The first-order chi connectivity index (χ1) is 17.0. The summed E-state index contributed by atoms with van der Waals surface area (Å²) in [7, 11) is 0. The summed E-state index contributed by atoms with van der Waals surface area (Å²) in [4.78, 5) is 31.8. The zero-order valence-corrected chi connectivity index (χ0v) is 20.6. The Labute approximate surface area is 210 Å². The summed E-state index contributed by atoms with van der Waals surface area (Å²) in [5.41, 5.74) is 2.40. The molecule has 0 amide bonds. The molecule has 3 aromatic rings. The van der Waals surface area contributed by atoms with E-state index in [1.54, 1.807) is 36.5 Å². The number of nitrogens with zero attached hydrogens (tertiary/aromatic N) is 2. The van der Waals surface area contributed by atoms with Gasteiger partial charge in [0, 0.05) is 35.4 Å². The lowest BCUT2D eigenvalue weighted by Gasteiger charge is -2.31. The quantitative estimate of drug-likeness (QED) is 0.387. The van der Waals surface area contributed by atoms with Gasteiger partial charge in [0.25, 0.3) is 0 Å². The van der Waals surface area contributed by atoms with E-state index in [0.717, 1.165) is 49.1 Å². The normalized spacial score (nSPS) is 14.6. The van der Waals surface area contributed by atoms with Crippen molar-refractivity contribution in [3.05, 3.63) is 65.3 Å². The fourth-order valence-electron chi connectivity index (χ4n) is 4.20. The highest BCUT2D eigenvalue weighted by molar-refractivity contribution is 6.31. The number of para-hydroxylation sites is 1. The largest absolute Gasteiger partial charge is 0.460 e. The molecule has 1 fully saturated rings. The first-order valence-corrected chi connectivity index (χ1v) is 12.4. The molecule has 4 rings (SSSR count). The highest BCUT2D eigenvalue weighted by Gasteiger charge is 2.23. The van der Waals surface area contributed by atoms with E-state index in [2.05, 4.69) is 22.1 Å². The Bertz CT molecular complexity index is 1180.